The number of anilines is 1. The summed E-state index contributed by atoms with van der Waals surface area (Å²) in [6.45, 7) is 1.79. The van der Waals surface area contributed by atoms with Crippen LogP contribution in [0.1, 0.15) is 15.9 Å². The number of pyridine rings is 1. The number of sulfonamides is 1. The number of carbonyl (C=O) groups excluding carboxylic acids is 1. The van der Waals surface area contributed by atoms with Gasteiger partial charge < -0.3 is 24.4 Å². The average molecular weight is 541 g/mol. The van der Waals surface area contributed by atoms with Crippen molar-refractivity contribution in [2.45, 2.75) is 11.3 Å². The van der Waals surface area contributed by atoms with E-state index in [1.807, 2.05) is 23.1 Å². The van der Waals surface area contributed by atoms with Gasteiger partial charge in [-0.15, -0.1) is 0 Å². The van der Waals surface area contributed by atoms with Gasteiger partial charge in [0.1, 0.15) is 11.6 Å². The first-order valence-corrected chi connectivity index (χ1v) is 13.6. The maximum absolute atomic E-state index is 13.1. The molecule has 0 saturated carbocycles. The van der Waals surface area contributed by atoms with Crippen LogP contribution in [0.2, 0.25) is 0 Å². The second-order valence-electron chi connectivity index (χ2n) is 8.64. The fourth-order valence-electron chi connectivity index (χ4n) is 4.33. The zero-order chi connectivity index (χ0) is 27.1. The molecule has 1 N–H and O–H groups in total. The summed E-state index contributed by atoms with van der Waals surface area (Å²) in [5.74, 6) is 2.07. The van der Waals surface area contributed by atoms with Crippen molar-refractivity contribution in [2.24, 2.45) is 0 Å². The lowest BCUT2D eigenvalue weighted by atomic mass is 10.1. The first-order valence-electron chi connectivity index (χ1n) is 12.2. The molecule has 2 heterocycles. The average Bonchev–Trinajstić information content (AvgIpc) is 2.97. The van der Waals surface area contributed by atoms with Crippen molar-refractivity contribution in [1.82, 2.24) is 14.6 Å². The van der Waals surface area contributed by atoms with Crippen LogP contribution in [-0.2, 0) is 16.4 Å². The summed E-state index contributed by atoms with van der Waals surface area (Å²) in [4.78, 5) is 19.6. The molecule has 1 amide bonds. The Bertz CT molecular complexity index is 1370. The van der Waals surface area contributed by atoms with E-state index < -0.39 is 10.0 Å². The molecule has 202 valence electrons. The number of rotatable bonds is 10. The van der Waals surface area contributed by atoms with Crippen LogP contribution in [0, 0.1) is 0 Å². The van der Waals surface area contributed by atoms with Crippen LogP contribution in [0.15, 0.2) is 65.7 Å². The first kappa shape index (κ1) is 27.2. The number of ether oxygens (including phenoxy) is 3. The lowest BCUT2D eigenvalue weighted by molar-refractivity contribution is 0.0954. The molecule has 38 heavy (non-hydrogen) atoms. The summed E-state index contributed by atoms with van der Waals surface area (Å²) in [7, 11) is 1.01. The molecule has 0 unspecified atom stereocenters. The quantitative estimate of drug-likeness (QED) is 0.418. The zero-order valence-corrected chi connectivity index (χ0v) is 22.5. The van der Waals surface area contributed by atoms with Gasteiger partial charge in [-0.2, -0.15) is 4.31 Å². The highest BCUT2D eigenvalue weighted by Gasteiger charge is 2.30. The first-order chi connectivity index (χ1) is 18.4. The summed E-state index contributed by atoms with van der Waals surface area (Å²) in [5, 5.41) is 2.96. The van der Waals surface area contributed by atoms with Gasteiger partial charge in [0.25, 0.3) is 5.91 Å². The molecule has 4 rings (SSSR count). The van der Waals surface area contributed by atoms with Crippen LogP contribution in [0.4, 0.5) is 5.82 Å². The fourth-order valence-corrected chi connectivity index (χ4v) is 5.79. The van der Waals surface area contributed by atoms with Crippen LogP contribution in [-0.4, -0.2) is 77.7 Å². The van der Waals surface area contributed by atoms with Crippen LogP contribution in [0.25, 0.3) is 0 Å². The largest absolute Gasteiger partial charge is 0.497 e. The van der Waals surface area contributed by atoms with Crippen molar-refractivity contribution in [2.75, 3.05) is 59.0 Å². The lowest BCUT2D eigenvalue weighted by Gasteiger charge is -2.35. The van der Waals surface area contributed by atoms with Gasteiger partial charge in [-0.05, 0) is 48.4 Å². The van der Waals surface area contributed by atoms with Crippen molar-refractivity contribution in [3.63, 3.8) is 0 Å². The summed E-state index contributed by atoms with van der Waals surface area (Å²) >= 11 is 0. The highest BCUT2D eigenvalue weighted by Crippen LogP contribution is 2.28. The summed E-state index contributed by atoms with van der Waals surface area (Å²) in [5.41, 5.74) is 1.45. The summed E-state index contributed by atoms with van der Waals surface area (Å²) in [6.07, 6.45) is 2.25. The third-order valence-electron chi connectivity index (χ3n) is 6.40. The Hall–Kier alpha value is -3.83. The SMILES string of the molecule is COc1cccc(S(=O)(=O)N2CCN(c3ncccc3C(=O)NCCc3ccc(OC)c(OC)c3)CC2)c1. The number of piperazine rings is 1. The number of nitrogens with zero attached hydrogens (tertiary/aromatic N) is 3. The molecule has 1 aliphatic rings. The molecular formula is C27H32N4O6S. The predicted molar refractivity (Wildman–Crippen MR) is 144 cm³/mol. The van der Waals surface area contributed by atoms with Crippen LogP contribution < -0.4 is 24.4 Å². The van der Waals surface area contributed by atoms with E-state index in [4.69, 9.17) is 14.2 Å². The fraction of sp³-hybridized carbons (Fsp3) is 0.333. The van der Waals surface area contributed by atoms with Gasteiger partial charge in [0.15, 0.2) is 11.5 Å². The number of nitrogens with one attached hydrogen (secondary N) is 1. The molecule has 0 spiro atoms. The molecule has 0 radical (unpaired) electrons. The van der Waals surface area contributed by atoms with E-state index >= 15 is 0 Å². The van der Waals surface area contributed by atoms with E-state index in [-0.39, 0.29) is 23.9 Å². The van der Waals surface area contributed by atoms with E-state index in [0.29, 0.717) is 54.7 Å². The minimum Gasteiger partial charge on any atom is -0.497 e. The van der Waals surface area contributed by atoms with Gasteiger partial charge in [0.05, 0.1) is 31.8 Å². The van der Waals surface area contributed by atoms with Gasteiger partial charge in [0, 0.05) is 45.0 Å². The summed E-state index contributed by atoms with van der Waals surface area (Å²) < 4.78 is 43.5. The third-order valence-corrected chi connectivity index (χ3v) is 8.29. The smallest absolute Gasteiger partial charge is 0.255 e. The molecule has 0 aliphatic carbocycles. The number of aromatic nitrogens is 1. The topological polar surface area (TPSA) is 110 Å². The predicted octanol–water partition coefficient (Wildman–Crippen LogP) is 2.59. The Balaban J connectivity index is 1.38. The molecule has 0 bridgehead atoms. The highest BCUT2D eigenvalue weighted by atomic mass is 32.2. The molecular weight excluding hydrogens is 508 g/mol. The van der Waals surface area contributed by atoms with Crippen LogP contribution >= 0.6 is 0 Å². The number of amides is 1. The molecule has 3 aromatic rings. The Morgan fingerprint density at radius 2 is 1.68 bits per heavy atom. The molecule has 1 aliphatic heterocycles. The second-order valence-corrected chi connectivity index (χ2v) is 10.6. The molecule has 0 atom stereocenters. The van der Waals surface area contributed by atoms with Gasteiger partial charge in [-0.3, -0.25) is 4.79 Å². The molecule has 11 heteroatoms. The number of hydrogen-bond acceptors (Lipinski definition) is 8. The van der Waals surface area contributed by atoms with Crippen LogP contribution in [0.3, 0.4) is 0 Å². The van der Waals surface area contributed by atoms with Gasteiger partial charge in [0.2, 0.25) is 10.0 Å². The monoisotopic (exact) mass is 540 g/mol. The third kappa shape index (κ3) is 6.00. The minimum absolute atomic E-state index is 0.192. The number of methoxy groups -OCH3 is 3. The van der Waals surface area contributed by atoms with Crippen molar-refractivity contribution < 1.29 is 27.4 Å². The number of benzene rings is 2. The molecule has 1 fully saturated rings. The number of hydrogen-bond donors (Lipinski definition) is 1. The maximum Gasteiger partial charge on any atom is 0.255 e. The number of carbonyl (C=O) groups is 1. The standard InChI is InChI=1S/C27H32N4O6S/c1-35-21-6-4-7-22(19-21)38(33,34)31-16-14-30(15-17-31)26-23(8-5-12-28-26)27(32)29-13-11-20-9-10-24(36-2)25(18-20)37-3/h4-10,12,18-19H,11,13-17H2,1-3H3,(H,29,32). The maximum atomic E-state index is 13.1. The van der Waals surface area contributed by atoms with Crippen molar-refractivity contribution in [3.05, 3.63) is 71.9 Å². The van der Waals surface area contributed by atoms with E-state index in [1.165, 1.54) is 17.5 Å². The summed E-state index contributed by atoms with van der Waals surface area (Å²) in [6, 6.07) is 15.6. The van der Waals surface area contributed by atoms with Gasteiger partial charge >= 0.3 is 0 Å². The second kappa shape index (κ2) is 12.1. The Kier molecular flexibility index (Phi) is 8.70. The van der Waals surface area contributed by atoms with E-state index in [2.05, 4.69) is 10.3 Å². The Labute approximate surface area is 223 Å². The highest BCUT2D eigenvalue weighted by molar-refractivity contribution is 7.89. The Morgan fingerprint density at radius 3 is 2.39 bits per heavy atom. The van der Waals surface area contributed by atoms with Gasteiger partial charge in [-0.1, -0.05) is 12.1 Å². The Morgan fingerprint density at radius 1 is 0.921 bits per heavy atom. The van der Waals surface area contributed by atoms with E-state index in [1.54, 1.807) is 50.7 Å². The van der Waals surface area contributed by atoms with Crippen molar-refractivity contribution in [1.29, 1.82) is 0 Å². The molecule has 10 nitrogen and oxygen atoms in total. The van der Waals surface area contributed by atoms with Crippen LogP contribution in [0.5, 0.6) is 17.2 Å². The van der Waals surface area contributed by atoms with Crippen molar-refractivity contribution >= 4 is 21.7 Å². The molecule has 2 aromatic carbocycles. The molecule has 1 saturated heterocycles. The minimum atomic E-state index is -3.66. The molecule has 1 aromatic heterocycles. The van der Waals surface area contributed by atoms with E-state index in [0.717, 1.165) is 5.56 Å². The van der Waals surface area contributed by atoms with E-state index in [9.17, 15) is 13.2 Å². The van der Waals surface area contributed by atoms with Gasteiger partial charge in [-0.25, -0.2) is 13.4 Å². The normalized spacial score (nSPS) is 14.1. The zero-order valence-electron chi connectivity index (χ0n) is 21.7. The van der Waals surface area contributed by atoms with Crippen molar-refractivity contribution in [3.8, 4) is 17.2 Å². The lowest BCUT2D eigenvalue weighted by Crippen LogP contribution is -2.49.